The Morgan fingerprint density at radius 1 is 1.23 bits per heavy atom. The Morgan fingerprint density at radius 2 is 2.03 bits per heavy atom. The van der Waals surface area contributed by atoms with E-state index in [1.54, 1.807) is 13.3 Å². The molecule has 3 rings (SSSR count). The van der Waals surface area contributed by atoms with E-state index in [1.165, 1.54) is 22.9 Å². The van der Waals surface area contributed by atoms with E-state index in [-0.39, 0.29) is 11.9 Å². The number of imidazole rings is 1. The first-order valence-electron chi connectivity index (χ1n) is 10.2. The maximum absolute atomic E-state index is 12.6. The molecule has 0 saturated carbocycles. The summed E-state index contributed by atoms with van der Waals surface area (Å²) < 4.78 is 7.38. The minimum absolute atomic E-state index is 0.0183. The number of nitrogens with one attached hydrogen (secondary N) is 1. The molecular weight excluding hydrogens is 408 g/mol. The summed E-state index contributed by atoms with van der Waals surface area (Å²) in [5.41, 5.74) is 4.55. The van der Waals surface area contributed by atoms with Crippen molar-refractivity contribution in [3.63, 3.8) is 0 Å². The molecule has 7 heteroatoms. The lowest BCUT2D eigenvalue weighted by molar-refractivity contribution is -0.118. The molecule has 0 fully saturated rings. The molecule has 1 aromatic heterocycles. The molecule has 1 heterocycles. The summed E-state index contributed by atoms with van der Waals surface area (Å²) in [7, 11) is 5.67. The Kier molecular flexibility index (Phi) is 7.76. The predicted molar refractivity (Wildman–Crippen MR) is 126 cm³/mol. The van der Waals surface area contributed by atoms with Crippen molar-refractivity contribution in [3.05, 3.63) is 71.5 Å². The van der Waals surface area contributed by atoms with Crippen molar-refractivity contribution in [2.45, 2.75) is 25.0 Å². The van der Waals surface area contributed by atoms with Crippen LogP contribution in [0, 0.1) is 13.8 Å². The zero-order valence-corrected chi connectivity index (χ0v) is 19.6. The van der Waals surface area contributed by atoms with E-state index in [2.05, 4.69) is 53.3 Å². The topological polar surface area (TPSA) is 59.4 Å². The molecule has 0 spiro atoms. The maximum atomic E-state index is 12.6. The van der Waals surface area contributed by atoms with Crippen molar-refractivity contribution in [1.29, 1.82) is 0 Å². The number of rotatable bonds is 9. The fourth-order valence-corrected chi connectivity index (χ4v) is 4.19. The molecule has 1 N–H and O–H groups in total. The highest BCUT2D eigenvalue weighted by Gasteiger charge is 2.17. The van der Waals surface area contributed by atoms with Crippen molar-refractivity contribution in [3.8, 4) is 11.4 Å². The third kappa shape index (κ3) is 5.89. The standard InChI is InChI=1S/C24H30N4O2S/c1-17-9-10-18(2)21(13-17)28-12-11-25-24(28)31-16-23(29)26-15-22(27(3)4)19-7-6-8-20(14-19)30-5/h6-14,22H,15-16H2,1-5H3,(H,26,29). The second kappa shape index (κ2) is 10.5. The van der Waals surface area contributed by atoms with Gasteiger partial charge in [0, 0.05) is 18.9 Å². The van der Waals surface area contributed by atoms with Crippen LogP contribution in [0.15, 0.2) is 60.0 Å². The van der Waals surface area contributed by atoms with E-state index < -0.39 is 0 Å². The van der Waals surface area contributed by atoms with Gasteiger partial charge in [0.25, 0.3) is 0 Å². The lowest BCUT2D eigenvalue weighted by Gasteiger charge is -2.25. The highest BCUT2D eigenvalue weighted by Crippen LogP contribution is 2.24. The number of likely N-dealkylation sites (N-methyl/N-ethyl adjacent to an activating group) is 1. The lowest BCUT2D eigenvalue weighted by atomic mass is 10.1. The predicted octanol–water partition coefficient (Wildman–Crippen LogP) is 4.01. The fraction of sp³-hybridized carbons (Fsp3) is 0.333. The Hall–Kier alpha value is -2.77. The van der Waals surface area contributed by atoms with E-state index in [4.69, 9.17) is 4.74 Å². The molecule has 1 amide bonds. The second-order valence-electron chi connectivity index (χ2n) is 7.72. The van der Waals surface area contributed by atoms with Crippen LogP contribution >= 0.6 is 11.8 Å². The number of methoxy groups -OCH3 is 1. The molecule has 0 saturated heterocycles. The summed E-state index contributed by atoms with van der Waals surface area (Å²) >= 11 is 1.44. The van der Waals surface area contributed by atoms with Crippen LogP contribution in [0.1, 0.15) is 22.7 Å². The molecule has 2 aromatic carbocycles. The van der Waals surface area contributed by atoms with Crippen molar-refractivity contribution < 1.29 is 9.53 Å². The number of carbonyl (C=O) groups is 1. The highest BCUT2D eigenvalue weighted by atomic mass is 32.2. The SMILES string of the molecule is COc1cccc(C(CNC(=O)CSc2nccn2-c2cc(C)ccc2C)N(C)C)c1. The highest BCUT2D eigenvalue weighted by molar-refractivity contribution is 7.99. The molecular formula is C24H30N4O2S. The number of nitrogens with zero attached hydrogens (tertiary/aromatic N) is 3. The Balaban J connectivity index is 1.62. The van der Waals surface area contributed by atoms with Gasteiger partial charge in [0.15, 0.2) is 5.16 Å². The van der Waals surface area contributed by atoms with E-state index in [0.29, 0.717) is 12.3 Å². The number of aromatic nitrogens is 2. The van der Waals surface area contributed by atoms with Gasteiger partial charge < -0.3 is 15.0 Å². The van der Waals surface area contributed by atoms with Gasteiger partial charge in [0.1, 0.15) is 5.75 Å². The average molecular weight is 439 g/mol. The Morgan fingerprint density at radius 3 is 2.77 bits per heavy atom. The zero-order chi connectivity index (χ0) is 22.4. The Bertz CT molecular complexity index is 1030. The van der Waals surface area contributed by atoms with Crippen molar-refractivity contribution in [2.75, 3.05) is 33.5 Å². The van der Waals surface area contributed by atoms with Crippen molar-refractivity contribution in [1.82, 2.24) is 19.8 Å². The van der Waals surface area contributed by atoms with Crippen LogP contribution in [0.5, 0.6) is 5.75 Å². The van der Waals surface area contributed by atoms with E-state index >= 15 is 0 Å². The molecule has 164 valence electrons. The average Bonchev–Trinajstić information content (AvgIpc) is 3.22. The van der Waals surface area contributed by atoms with Crippen LogP contribution in [0.25, 0.3) is 5.69 Å². The van der Waals surface area contributed by atoms with Crippen LogP contribution in [0.3, 0.4) is 0 Å². The van der Waals surface area contributed by atoms with Gasteiger partial charge in [-0.2, -0.15) is 0 Å². The molecule has 0 aliphatic carbocycles. The van der Waals surface area contributed by atoms with E-state index in [1.807, 2.05) is 43.1 Å². The first-order valence-corrected chi connectivity index (χ1v) is 11.2. The summed E-state index contributed by atoms with van der Waals surface area (Å²) in [6.45, 7) is 4.67. The quantitative estimate of drug-likeness (QED) is 0.512. The number of ether oxygens (including phenoxy) is 1. The van der Waals surface area contributed by atoms with Gasteiger partial charge in [-0.3, -0.25) is 9.36 Å². The van der Waals surface area contributed by atoms with E-state index in [9.17, 15) is 4.79 Å². The van der Waals surface area contributed by atoms with Crippen LogP contribution in [0.2, 0.25) is 0 Å². The monoisotopic (exact) mass is 438 g/mol. The van der Waals surface area contributed by atoms with Gasteiger partial charge in [-0.25, -0.2) is 4.98 Å². The molecule has 0 aliphatic heterocycles. The summed E-state index contributed by atoms with van der Waals surface area (Å²) in [6, 6.07) is 14.3. The number of hydrogen-bond acceptors (Lipinski definition) is 5. The summed E-state index contributed by atoms with van der Waals surface area (Å²) in [5, 5.41) is 3.87. The maximum Gasteiger partial charge on any atom is 0.230 e. The van der Waals surface area contributed by atoms with Gasteiger partial charge in [0.2, 0.25) is 5.91 Å². The second-order valence-corrected chi connectivity index (χ2v) is 8.66. The van der Waals surface area contributed by atoms with Gasteiger partial charge in [-0.15, -0.1) is 0 Å². The minimum atomic E-state index is -0.0183. The third-order valence-electron chi connectivity index (χ3n) is 5.16. The largest absolute Gasteiger partial charge is 0.497 e. The molecule has 0 aliphatic rings. The van der Waals surface area contributed by atoms with Crippen LogP contribution < -0.4 is 10.1 Å². The molecule has 3 aromatic rings. The third-order valence-corrected chi connectivity index (χ3v) is 6.12. The summed E-state index contributed by atoms with van der Waals surface area (Å²) in [4.78, 5) is 19.1. The first kappa shape index (κ1) is 22.9. The number of amides is 1. The van der Waals surface area contributed by atoms with Crippen LogP contribution in [-0.4, -0.2) is 53.9 Å². The molecule has 1 atom stereocenters. The molecule has 0 bridgehead atoms. The van der Waals surface area contributed by atoms with E-state index in [0.717, 1.165) is 22.2 Å². The normalized spacial score (nSPS) is 12.1. The molecule has 31 heavy (non-hydrogen) atoms. The van der Waals surface area contributed by atoms with Gasteiger partial charge >= 0.3 is 0 Å². The summed E-state index contributed by atoms with van der Waals surface area (Å²) in [6.07, 6.45) is 3.71. The van der Waals surface area contributed by atoms with Crippen LogP contribution in [-0.2, 0) is 4.79 Å². The van der Waals surface area contributed by atoms with Crippen LogP contribution in [0.4, 0.5) is 0 Å². The smallest absolute Gasteiger partial charge is 0.230 e. The number of benzene rings is 2. The van der Waals surface area contributed by atoms with Gasteiger partial charge in [-0.05, 0) is 62.8 Å². The first-order chi connectivity index (χ1) is 14.9. The number of aryl methyl sites for hydroxylation is 2. The Labute approximate surface area is 188 Å². The lowest BCUT2D eigenvalue weighted by Crippen LogP contribution is -2.35. The zero-order valence-electron chi connectivity index (χ0n) is 18.8. The summed E-state index contributed by atoms with van der Waals surface area (Å²) in [5.74, 6) is 1.10. The number of thioether (sulfide) groups is 1. The number of carbonyl (C=O) groups excluding carboxylic acids is 1. The van der Waals surface area contributed by atoms with Gasteiger partial charge in [-0.1, -0.05) is 36.0 Å². The number of hydrogen-bond donors (Lipinski definition) is 1. The minimum Gasteiger partial charge on any atom is -0.497 e. The molecule has 0 radical (unpaired) electrons. The van der Waals surface area contributed by atoms with Crippen molar-refractivity contribution in [2.24, 2.45) is 0 Å². The van der Waals surface area contributed by atoms with Crippen molar-refractivity contribution >= 4 is 17.7 Å². The molecule has 6 nitrogen and oxygen atoms in total. The van der Waals surface area contributed by atoms with Gasteiger partial charge in [0.05, 0.1) is 24.6 Å². The fourth-order valence-electron chi connectivity index (χ4n) is 3.40. The molecule has 1 unspecified atom stereocenters.